The van der Waals surface area contributed by atoms with E-state index in [0.717, 1.165) is 39.9 Å². The van der Waals surface area contributed by atoms with Gasteiger partial charge in [-0.2, -0.15) is 0 Å². The summed E-state index contributed by atoms with van der Waals surface area (Å²) < 4.78 is 1.10. The Labute approximate surface area is 162 Å². The first-order valence-electron chi connectivity index (χ1n) is 8.82. The molecule has 136 valence electrons. The van der Waals surface area contributed by atoms with E-state index in [9.17, 15) is 4.79 Å². The van der Waals surface area contributed by atoms with Crippen LogP contribution in [-0.2, 0) is 4.79 Å². The highest BCUT2D eigenvalue weighted by Crippen LogP contribution is 2.29. The van der Waals surface area contributed by atoms with Crippen LogP contribution in [0.3, 0.4) is 0 Å². The first-order chi connectivity index (χ1) is 12.7. The van der Waals surface area contributed by atoms with Crippen LogP contribution in [0.4, 0.5) is 5.13 Å². The summed E-state index contributed by atoms with van der Waals surface area (Å²) in [6, 6.07) is 12.0. The molecule has 1 aromatic carbocycles. The zero-order chi connectivity index (χ0) is 18.4. The Hall–Kier alpha value is -2.02. The molecule has 2 heterocycles. The van der Waals surface area contributed by atoms with Crippen LogP contribution in [0.5, 0.6) is 0 Å². The third-order valence-electron chi connectivity index (χ3n) is 4.25. The Morgan fingerprint density at radius 1 is 1.12 bits per heavy atom. The van der Waals surface area contributed by atoms with Crippen molar-refractivity contribution in [1.82, 2.24) is 9.88 Å². The van der Waals surface area contributed by atoms with Gasteiger partial charge in [0.15, 0.2) is 5.13 Å². The van der Waals surface area contributed by atoms with Crippen LogP contribution in [0.1, 0.15) is 18.7 Å². The van der Waals surface area contributed by atoms with Crippen LogP contribution >= 0.6 is 22.7 Å². The Kier molecular flexibility index (Phi) is 6.55. The number of rotatable bonds is 8. The zero-order valence-corrected chi connectivity index (χ0v) is 16.7. The molecule has 0 atom stereocenters. The average Bonchev–Trinajstić information content (AvgIpc) is 3.32. The number of hydrogen-bond acceptors (Lipinski definition) is 5. The summed E-state index contributed by atoms with van der Waals surface area (Å²) in [6.07, 6.45) is 3.53. The minimum absolute atomic E-state index is 0.0235. The van der Waals surface area contributed by atoms with Gasteiger partial charge in [-0.05, 0) is 42.7 Å². The van der Waals surface area contributed by atoms with E-state index in [2.05, 4.69) is 23.7 Å². The van der Waals surface area contributed by atoms with Crippen LogP contribution in [0.25, 0.3) is 16.3 Å². The van der Waals surface area contributed by atoms with Gasteiger partial charge in [0.2, 0.25) is 0 Å². The summed E-state index contributed by atoms with van der Waals surface area (Å²) in [4.78, 5) is 22.8. The molecule has 2 aromatic heterocycles. The third-order valence-corrected chi connectivity index (χ3v) is 6.14. The predicted octanol–water partition coefficient (Wildman–Crippen LogP) is 4.75. The molecule has 6 heteroatoms. The fourth-order valence-corrected chi connectivity index (χ4v) is 4.30. The normalized spacial score (nSPS) is 11.7. The number of thiazole rings is 1. The maximum absolute atomic E-state index is 12.9. The minimum Gasteiger partial charge on any atom is -0.302 e. The van der Waals surface area contributed by atoms with Crippen LogP contribution in [0, 0.1) is 0 Å². The molecule has 0 aliphatic heterocycles. The molecule has 0 radical (unpaired) electrons. The number of likely N-dealkylation sites (N-methyl/N-ethyl adjacent to an activating group) is 1. The topological polar surface area (TPSA) is 36.4 Å². The largest absolute Gasteiger partial charge is 0.302 e. The fourth-order valence-electron chi connectivity index (χ4n) is 2.69. The molecule has 4 nitrogen and oxygen atoms in total. The predicted molar refractivity (Wildman–Crippen MR) is 113 cm³/mol. The van der Waals surface area contributed by atoms with Crippen molar-refractivity contribution in [3.8, 4) is 0 Å². The summed E-state index contributed by atoms with van der Waals surface area (Å²) in [6.45, 7) is 7.71. The Bertz CT molecular complexity index is 833. The van der Waals surface area contributed by atoms with Crippen molar-refractivity contribution in [2.75, 3.05) is 31.1 Å². The molecular formula is C20H23N3OS2. The van der Waals surface area contributed by atoms with E-state index in [1.165, 1.54) is 0 Å². The molecule has 0 fully saturated rings. The Balaban J connectivity index is 1.83. The number of fused-ring (bicyclic) bond motifs is 1. The molecular weight excluding hydrogens is 362 g/mol. The lowest BCUT2D eigenvalue weighted by molar-refractivity contribution is -0.114. The highest BCUT2D eigenvalue weighted by Gasteiger charge is 2.18. The average molecular weight is 386 g/mol. The lowest BCUT2D eigenvalue weighted by Crippen LogP contribution is -2.38. The zero-order valence-electron chi connectivity index (χ0n) is 15.1. The van der Waals surface area contributed by atoms with Crippen LogP contribution < -0.4 is 4.90 Å². The first-order valence-corrected chi connectivity index (χ1v) is 10.5. The lowest BCUT2D eigenvalue weighted by Gasteiger charge is -2.23. The Morgan fingerprint density at radius 3 is 2.62 bits per heavy atom. The number of benzene rings is 1. The molecule has 0 bridgehead atoms. The van der Waals surface area contributed by atoms with Crippen molar-refractivity contribution in [2.45, 2.75) is 13.8 Å². The van der Waals surface area contributed by atoms with E-state index in [1.807, 2.05) is 47.9 Å². The van der Waals surface area contributed by atoms with E-state index in [1.54, 1.807) is 33.6 Å². The third kappa shape index (κ3) is 4.58. The fraction of sp³-hybridized carbons (Fsp3) is 0.300. The molecule has 0 aliphatic carbocycles. The van der Waals surface area contributed by atoms with Gasteiger partial charge < -0.3 is 4.90 Å². The van der Waals surface area contributed by atoms with E-state index in [0.29, 0.717) is 6.54 Å². The number of carbonyl (C=O) groups is 1. The van der Waals surface area contributed by atoms with Gasteiger partial charge in [0.1, 0.15) is 0 Å². The summed E-state index contributed by atoms with van der Waals surface area (Å²) in [7, 11) is 0. The molecule has 3 rings (SSSR count). The van der Waals surface area contributed by atoms with E-state index in [-0.39, 0.29) is 5.91 Å². The van der Waals surface area contributed by atoms with Crippen molar-refractivity contribution >= 4 is 50.0 Å². The van der Waals surface area contributed by atoms with Crippen molar-refractivity contribution in [3.63, 3.8) is 0 Å². The molecule has 0 spiro atoms. The highest BCUT2D eigenvalue weighted by atomic mass is 32.1. The smallest absolute Gasteiger partial charge is 0.252 e. The van der Waals surface area contributed by atoms with Gasteiger partial charge in [-0.15, -0.1) is 11.3 Å². The Morgan fingerprint density at radius 2 is 1.92 bits per heavy atom. The van der Waals surface area contributed by atoms with Gasteiger partial charge in [-0.1, -0.05) is 43.4 Å². The van der Waals surface area contributed by atoms with Crippen molar-refractivity contribution in [2.24, 2.45) is 0 Å². The number of amides is 1. The van der Waals surface area contributed by atoms with Crippen molar-refractivity contribution in [3.05, 3.63) is 52.7 Å². The number of anilines is 1. The lowest BCUT2D eigenvalue weighted by atomic mass is 10.3. The number of carbonyl (C=O) groups excluding carboxylic acids is 1. The van der Waals surface area contributed by atoms with E-state index in [4.69, 9.17) is 0 Å². The standard InChI is InChI=1S/C20H23N3OS2/c1-3-22(4-2)13-14-23(19(24)12-11-16-8-7-15-25-16)20-21-17-9-5-6-10-18(17)26-20/h5-12,15H,3-4,13-14H2,1-2H3. The van der Waals surface area contributed by atoms with Gasteiger partial charge in [0.25, 0.3) is 5.91 Å². The number of hydrogen-bond donors (Lipinski definition) is 0. The first kappa shape index (κ1) is 18.8. The monoisotopic (exact) mass is 385 g/mol. The van der Waals surface area contributed by atoms with Gasteiger partial charge in [-0.25, -0.2) is 4.98 Å². The van der Waals surface area contributed by atoms with Crippen LogP contribution in [-0.4, -0.2) is 42.0 Å². The van der Waals surface area contributed by atoms with Gasteiger partial charge >= 0.3 is 0 Å². The highest BCUT2D eigenvalue weighted by molar-refractivity contribution is 7.22. The summed E-state index contributed by atoms with van der Waals surface area (Å²) in [5.74, 6) is -0.0235. The number of para-hydroxylation sites is 1. The van der Waals surface area contributed by atoms with Gasteiger partial charge in [-0.3, -0.25) is 9.69 Å². The maximum Gasteiger partial charge on any atom is 0.252 e. The van der Waals surface area contributed by atoms with Crippen LogP contribution in [0.2, 0.25) is 0 Å². The molecule has 0 unspecified atom stereocenters. The van der Waals surface area contributed by atoms with Gasteiger partial charge in [0.05, 0.1) is 10.2 Å². The second-order valence-electron chi connectivity index (χ2n) is 5.83. The van der Waals surface area contributed by atoms with Crippen molar-refractivity contribution < 1.29 is 4.79 Å². The summed E-state index contributed by atoms with van der Waals surface area (Å²) in [5.41, 5.74) is 0.940. The quantitative estimate of drug-likeness (QED) is 0.525. The second-order valence-corrected chi connectivity index (χ2v) is 7.82. The molecule has 0 saturated carbocycles. The molecule has 3 aromatic rings. The minimum atomic E-state index is -0.0235. The SMILES string of the molecule is CCN(CC)CCN(C(=O)C=Cc1cccs1)c1nc2ccccc2s1. The number of nitrogens with zero attached hydrogens (tertiary/aromatic N) is 3. The van der Waals surface area contributed by atoms with Crippen molar-refractivity contribution in [1.29, 1.82) is 0 Å². The van der Waals surface area contributed by atoms with Crippen LogP contribution in [0.15, 0.2) is 47.9 Å². The molecule has 1 amide bonds. The summed E-state index contributed by atoms with van der Waals surface area (Å²) >= 11 is 3.19. The number of thiophene rings is 1. The van der Waals surface area contributed by atoms with E-state index >= 15 is 0 Å². The molecule has 0 saturated heterocycles. The molecule has 0 N–H and O–H groups in total. The number of aromatic nitrogens is 1. The summed E-state index contributed by atoms with van der Waals surface area (Å²) in [5, 5.41) is 2.77. The molecule has 0 aliphatic rings. The van der Waals surface area contributed by atoms with Gasteiger partial charge in [0, 0.05) is 24.0 Å². The maximum atomic E-state index is 12.9. The van der Waals surface area contributed by atoms with E-state index < -0.39 is 0 Å². The second kappa shape index (κ2) is 9.07. The molecule has 26 heavy (non-hydrogen) atoms.